The molecule has 96 valence electrons. The summed E-state index contributed by atoms with van der Waals surface area (Å²) >= 11 is 0. The molecule has 0 N–H and O–H groups in total. The average molecular weight is 234 g/mol. The van der Waals surface area contributed by atoms with E-state index in [1.165, 1.54) is 11.1 Å². The van der Waals surface area contributed by atoms with Gasteiger partial charge >= 0.3 is 0 Å². The lowest BCUT2D eigenvalue weighted by Gasteiger charge is -2.20. The zero-order valence-corrected chi connectivity index (χ0v) is 12.1. The van der Waals surface area contributed by atoms with E-state index in [1.54, 1.807) is 0 Å². The van der Waals surface area contributed by atoms with Gasteiger partial charge in [-0.3, -0.25) is 0 Å². The molecular formula is C16H26O. The van der Waals surface area contributed by atoms with Gasteiger partial charge in [0, 0.05) is 0 Å². The van der Waals surface area contributed by atoms with Gasteiger partial charge in [0.15, 0.2) is 0 Å². The quantitative estimate of drug-likeness (QED) is 0.745. The third-order valence-corrected chi connectivity index (χ3v) is 2.62. The zero-order valence-electron chi connectivity index (χ0n) is 12.1. The molecule has 0 aliphatic carbocycles. The largest absolute Gasteiger partial charge is 0.376 e. The molecule has 0 saturated carbocycles. The average Bonchev–Trinajstić information content (AvgIpc) is 2.15. The van der Waals surface area contributed by atoms with Crippen molar-refractivity contribution in [3.8, 4) is 0 Å². The SMILES string of the molecule is CC(C)(C)COCc1ccc(C(C)(C)C)cc1. The lowest BCUT2D eigenvalue weighted by Crippen LogP contribution is -2.14. The predicted molar refractivity (Wildman–Crippen MR) is 74.3 cm³/mol. The van der Waals surface area contributed by atoms with Crippen molar-refractivity contribution in [1.29, 1.82) is 0 Å². The smallest absolute Gasteiger partial charge is 0.0717 e. The summed E-state index contributed by atoms with van der Waals surface area (Å²) in [5.41, 5.74) is 3.09. The fourth-order valence-corrected chi connectivity index (χ4v) is 1.58. The molecule has 0 atom stereocenters. The van der Waals surface area contributed by atoms with Crippen LogP contribution in [0.1, 0.15) is 52.7 Å². The summed E-state index contributed by atoms with van der Waals surface area (Å²) in [6, 6.07) is 8.75. The summed E-state index contributed by atoms with van der Waals surface area (Å²) < 4.78 is 5.71. The van der Waals surface area contributed by atoms with Crippen LogP contribution in [-0.2, 0) is 16.8 Å². The van der Waals surface area contributed by atoms with Crippen LogP contribution in [-0.4, -0.2) is 6.61 Å². The Kier molecular flexibility index (Phi) is 4.37. The Hall–Kier alpha value is -0.820. The van der Waals surface area contributed by atoms with Gasteiger partial charge in [0.1, 0.15) is 0 Å². The van der Waals surface area contributed by atoms with Gasteiger partial charge in [-0.05, 0) is 22.0 Å². The molecule has 1 aromatic carbocycles. The number of benzene rings is 1. The maximum Gasteiger partial charge on any atom is 0.0717 e. The third-order valence-electron chi connectivity index (χ3n) is 2.62. The number of hydrogen-bond acceptors (Lipinski definition) is 1. The molecule has 0 aromatic heterocycles. The molecule has 0 heterocycles. The van der Waals surface area contributed by atoms with Gasteiger partial charge in [-0.2, -0.15) is 0 Å². The van der Waals surface area contributed by atoms with Crippen LogP contribution in [0.15, 0.2) is 24.3 Å². The van der Waals surface area contributed by atoms with Crippen molar-refractivity contribution in [2.75, 3.05) is 6.61 Å². The van der Waals surface area contributed by atoms with Crippen LogP contribution < -0.4 is 0 Å². The molecule has 0 radical (unpaired) electrons. The monoisotopic (exact) mass is 234 g/mol. The molecule has 1 heteroatoms. The summed E-state index contributed by atoms with van der Waals surface area (Å²) in [4.78, 5) is 0. The molecule has 0 bridgehead atoms. The molecule has 1 rings (SSSR count). The Labute approximate surface area is 106 Å². The first-order valence-corrected chi connectivity index (χ1v) is 6.36. The molecule has 1 nitrogen and oxygen atoms in total. The molecule has 0 spiro atoms. The van der Waals surface area contributed by atoms with Crippen molar-refractivity contribution in [2.24, 2.45) is 5.41 Å². The maximum atomic E-state index is 5.71. The van der Waals surface area contributed by atoms with E-state index in [0.717, 1.165) is 6.61 Å². The number of rotatable bonds is 3. The Bertz CT molecular complexity index is 335. The summed E-state index contributed by atoms with van der Waals surface area (Å²) in [6.07, 6.45) is 0. The Morgan fingerprint density at radius 2 is 1.41 bits per heavy atom. The first-order chi connectivity index (χ1) is 7.68. The summed E-state index contributed by atoms with van der Waals surface area (Å²) in [5, 5.41) is 0. The minimum atomic E-state index is 0.227. The van der Waals surface area contributed by atoms with Crippen molar-refractivity contribution < 1.29 is 4.74 Å². The predicted octanol–water partition coefficient (Wildman–Crippen LogP) is 4.55. The van der Waals surface area contributed by atoms with Crippen molar-refractivity contribution >= 4 is 0 Å². The van der Waals surface area contributed by atoms with Gasteiger partial charge in [0.2, 0.25) is 0 Å². The molecule has 0 fully saturated rings. The van der Waals surface area contributed by atoms with E-state index in [2.05, 4.69) is 65.8 Å². The molecular weight excluding hydrogens is 208 g/mol. The first kappa shape index (κ1) is 14.2. The van der Waals surface area contributed by atoms with E-state index in [4.69, 9.17) is 4.74 Å². The fraction of sp³-hybridized carbons (Fsp3) is 0.625. The van der Waals surface area contributed by atoms with Crippen LogP contribution in [0.25, 0.3) is 0 Å². The van der Waals surface area contributed by atoms with Crippen molar-refractivity contribution in [1.82, 2.24) is 0 Å². The van der Waals surface area contributed by atoms with Crippen LogP contribution in [0, 0.1) is 5.41 Å². The molecule has 1 aromatic rings. The molecule has 0 unspecified atom stereocenters. The van der Waals surface area contributed by atoms with Crippen LogP contribution in [0.2, 0.25) is 0 Å². The Morgan fingerprint density at radius 1 is 0.882 bits per heavy atom. The van der Waals surface area contributed by atoms with E-state index in [1.807, 2.05) is 0 Å². The van der Waals surface area contributed by atoms with Crippen LogP contribution in [0.5, 0.6) is 0 Å². The van der Waals surface area contributed by atoms with E-state index < -0.39 is 0 Å². The first-order valence-electron chi connectivity index (χ1n) is 6.36. The summed E-state index contributed by atoms with van der Waals surface area (Å²) in [6.45, 7) is 14.8. The van der Waals surface area contributed by atoms with E-state index in [-0.39, 0.29) is 10.8 Å². The molecule has 0 amide bonds. The Balaban J connectivity index is 2.52. The lowest BCUT2D eigenvalue weighted by atomic mass is 9.87. The highest BCUT2D eigenvalue weighted by Gasteiger charge is 2.13. The topological polar surface area (TPSA) is 9.23 Å². The number of ether oxygens (including phenoxy) is 1. The fourth-order valence-electron chi connectivity index (χ4n) is 1.58. The highest BCUT2D eigenvalue weighted by molar-refractivity contribution is 5.27. The summed E-state index contributed by atoms with van der Waals surface area (Å²) in [5.74, 6) is 0. The van der Waals surface area contributed by atoms with Crippen molar-refractivity contribution in [3.63, 3.8) is 0 Å². The standard InChI is InChI=1S/C16H26O/c1-15(2,3)12-17-11-13-7-9-14(10-8-13)16(4,5)6/h7-10H,11-12H2,1-6H3. The molecule has 0 aliphatic rings. The van der Waals surface area contributed by atoms with Gasteiger partial charge < -0.3 is 4.74 Å². The van der Waals surface area contributed by atoms with Crippen molar-refractivity contribution in [3.05, 3.63) is 35.4 Å². The van der Waals surface area contributed by atoms with Crippen molar-refractivity contribution in [2.45, 2.75) is 53.6 Å². The minimum absolute atomic E-state index is 0.227. The van der Waals surface area contributed by atoms with Gasteiger partial charge in [0.25, 0.3) is 0 Å². The number of hydrogen-bond donors (Lipinski definition) is 0. The van der Waals surface area contributed by atoms with Crippen LogP contribution >= 0.6 is 0 Å². The second-order valence-electron chi connectivity index (χ2n) is 7.00. The van der Waals surface area contributed by atoms with E-state index in [0.29, 0.717) is 6.61 Å². The van der Waals surface area contributed by atoms with Crippen LogP contribution in [0.4, 0.5) is 0 Å². The molecule has 0 aliphatic heterocycles. The second kappa shape index (κ2) is 5.22. The van der Waals surface area contributed by atoms with E-state index >= 15 is 0 Å². The van der Waals surface area contributed by atoms with Gasteiger partial charge in [-0.25, -0.2) is 0 Å². The second-order valence-corrected chi connectivity index (χ2v) is 7.00. The highest BCUT2D eigenvalue weighted by Crippen LogP contribution is 2.22. The maximum absolute atomic E-state index is 5.71. The van der Waals surface area contributed by atoms with Gasteiger partial charge in [-0.1, -0.05) is 65.8 Å². The summed E-state index contributed by atoms with van der Waals surface area (Å²) in [7, 11) is 0. The Morgan fingerprint density at radius 3 is 1.82 bits per heavy atom. The highest BCUT2D eigenvalue weighted by atomic mass is 16.5. The zero-order chi connectivity index (χ0) is 13.1. The van der Waals surface area contributed by atoms with Gasteiger partial charge in [-0.15, -0.1) is 0 Å². The third kappa shape index (κ3) is 5.36. The van der Waals surface area contributed by atoms with Gasteiger partial charge in [0.05, 0.1) is 13.2 Å². The normalized spacial score (nSPS) is 12.8. The van der Waals surface area contributed by atoms with E-state index in [9.17, 15) is 0 Å². The van der Waals surface area contributed by atoms with Crippen LogP contribution in [0.3, 0.4) is 0 Å². The molecule has 0 saturated heterocycles. The molecule has 17 heavy (non-hydrogen) atoms. The minimum Gasteiger partial charge on any atom is -0.376 e. The lowest BCUT2D eigenvalue weighted by molar-refractivity contribution is 0.0599.